The lowest BCUT2D eigenvalue weighted by Gasteiger charge is -2.29. The Hall–Kier alpha value is -1.60. The molecule has 0 saturated heterocycles. The largest absolute Gasteiger partial charge is 0.281 e. The fourth-order valence-electron chi connectivity index (χ4n) is 2.26. The van der Waals surface area contributed by atoms with E-state index in [1.807, 2.05) is 60.7 Å². The fraction of sp³-hybridized carbons (Fsp3) is 0.188. The van der Waals surface area contributed by atoms with Crippen LogP contribution in [0.4, 0.5) is 0 Å². The van der Waals surface area contributed by atoms with Gasteiger partial charge in [0.1, 0.15) is 0 Å². The summed E-state index contributed by atoms with van der Waals surface area (Å²) in [6.45, 7) is 2.05. The molecule has 0 aromatic heterocycles. The summed E-state index contributed by atoms with van der Waals surface area (Å²) in [5.74, 6) is 0. The van der Waals surface area contributed by atoms with Crippen molar-refractivity contribution in [3.05, 3.63) is 71.8 Å². The van der Waals surface area contributed by atoms with Gasteiger partial charge in [-0.1, -0.05) is 67.6 Å². The summed E-state index contributed by atoms with van der Waals surface area (Å²) in [6, 6.07) is 20.0. The van der Waals surface area contributed by atoms with Gasteiger partial charge in [-0.25, -0.2) is 0 Å². The first-order valence-electron chi connectivity index (χ1n) is 5.92. The Morgan fingerprint density at radius 3 is 1.67 bits per heavy atom. The quantitative estimate of drug-likeness (QED) is 0.753. The SMILES string of the molecule is CC(CC(=O)Cl)(c1ccccc1)c1ccccc1. The van der Waals surface area contributed by atoms with Gasteiger partial charge in [-0.2, -0.15) is 0 Å². The van der Waals surface area contributed by atoms with Gasteiger partial charge in [-0.05, 0) is 22.7 Å². The summed E-state index contributed by atoms with van der Waals surface area (Å²) >= 11 is 5.62. The first-order chi connectivity index (χ1) is 8.63. The lowest BCUT2D eigenvalue weighted by atomic mass is 9.74. The van der Waals surface area contributed by atoms with Gasteiger partial charge in [0.05, 0.1) is 0 Å². The van der Waals surface area contributed by atoms with Gasteiger partial charge in [-0.15, -0.1) is 0 Å². The van der Waals surface area contributed by atoms with E-state index in [1.165, 1.54) is 0 Å². The summed E-state index contributed by atoms with van der Waals surface area (Å²) < 4.78 is 0. The van der Waals surface area contributed by atoms with Gasteiger partial charge < -0.3 is 0 Å². The Bertz CT molecular complexity index is 480. The molecule has 0 spiro atoms. The van der Waals surface area contributed by atoms with E-state index in [0.717, 1.165) is 11.1 Å². The summed E-state index contributed by atoms with van der Waals surface area (Å²) in [6.07, 6.45) is 0.294. The zero-order valence-corrected chi connectivity index (χ0v) is 11.0. The first-order valence-corrected chi connectivity index (χ1v) is 6.30. The highest BCUT2D eigenvalue weighted by atomic mass is 35.5. The van der Waals surface area contributed by atoms with Crippen LogP contribution < -0.4 is 0 Å². The van der Waals surface area contributed by atoms with Gasteiger partial charge in [0.2, 0.25) is 5.24 Å². The number of halogens is 1. The van der Waals surface area contributed by atoms with Crippen LogP contribution in [0.2, 0.25) is 0 Å². The topological polar surface area (TPSA) is 17.1 Å². The van der Waals surface area contributed by atoms with Crippen LogP contribution in [0, 0.1) is 0 Å². The molecule has 2 heteroatoms. The second-order valence-corrected chi connectivity index (χ2v) is 5.02. The molecule has 0 heterocycles. The molecule has 0 atom stereocenters. The number of rotatable bonds is 4. The van der Waals surface area contributed by atoms with Gasteiger partial charge in [0.15, 0.2) is 0 Å². The fourth-order valence-corrected chi connectivity index (χ4v) is 2.53. The number of carbonyl (C=O) groups is 1. The number of hydrogen-bond acceptors (Lipinski definition) is 1. The van der Waals surface area contributed by atoms with Crippen molar-refractivity contribution in [3.63, 3.8) is 0 Å². The summed E-state index contributed by atoms with van der Waals surface area (Å²) in [5.41, 5.74) is 1.83. The Morgan fingerprint density at radius 1 is 0.944 bits per heavy atom. The van der Waals surface area contributed by atoms with E-state index in [1.54, 1.807) is 0 Å². The minimum Gasteiger partial charge on any atom is -0.281 e. The third-order valence-corrected chi connectivity index (χ3v) is 3.45. The average Bonchev–Trinajstić information content (AvgIpc) is 2.40. The van der Waals surface area contributed by atoms with Gasteiger partial charge in [-0.3, -0.25) is 4.79 Å². The molecule has 0 radical (unpaired) electrons. The van der Waals surface area contributed by atoms with Crippen molar-refractivity contribution in [1.29, 1.82) is 0 Å². The molecule has 2 aromatic rings. The van der Waals surface area contributed by atoms with Crippen LogP contribution in [0.3, 0.4) is 0 Å². The van der Waals surface area contributed by atoms with Crippen molar-refractivity contribution < 1.29 is 4.79 Å². The molecule has 0 amide bonds. The van der Waals surface area contributed by atoms with Crippen molar-refractivity contribution in [2.45, 2.75) is 18.8 Å². The minimum atomic E-state index is -0.374. The summed E-state index contributed by atoms with van der Waals surface area (Å²) in [5, 5.41) is -0.315. The summed E-state index contributed by atoms with van der Waals surface area (Å²) in [4.78, 5) is 11.4. The zero-order chi connectivity index (χ0) is 13.0. The van der Waals surface area contributed by atoms with E-state index in [4.69, 9.17) is 11.6 Å². The number of benzene rings is 2. The molecule has 18 heavy (non-hydrogen) atoms. The van der Waals surface area contributed by atoms with Gasteiger partial charge in [0.25, 0.3) is 0 Å². The van der Waals surface area contributed by atoms with E-state index in [2.05, 4.69) is 6.92 Å². The van der Waals surface area contributed by atoms with Crippen molar-refractivity contribution >= 4 is 16.8 Å². The van der Waals surface area contributed by atoms with Crippen molar-refractivity contribution in [3.8, 4) is 0 Å². The predicted molar refractivity (Wildman–Crippen MR) is 74.8 cm³/mol. The molecular weight excluding hydrogens is 244 g/mol. The van der Waals surface area contributed by atoms with Crippen molar-refractivity contribution in [2.75, 3.05) is 0 Å². The van der Waals surface area contributed by atoms with Crippen LogP contribution in [-0.2, 0) is 10.2 Å². The highest BCUT2D eigenvalue weighted by Crippen LogP contribution is 2.35. The van der Waals surface area contributed by atoms with E-state index in [-0.39, 0.29) is 10.7 Å². The Labute approximate surface area is 112 Å². The lowest BCUT2D eigenvalue weighted by Crippen LogP contribution is -2.25. The maximum Gasteiger partial charge on any atom is 0.222 e. The molecule has 2 aromatic carbocycles. The van der Waals surface area contributed by atoms with Crippen LogP contribution in [0.15, 0.2) is 60.7 Å². The van der Waals surface area contributed by atoms with Gasteiger partial charge >= 0.3 is 0 Å². The third-order valence-electron chi connectivity index (χ3n) is 3.31. The normalized spacial score (nSPS) is 11.2. The van der Waals surface area contributed by atoms with Crippen LogP contribution >= 0.6 is 11.6 Å². The monoisotopic (exact) mass is 258 g/mol. The van der Waals surface area contributed by atoms with E-state index < -0.39 is 0 Å². The summed E-state index contributed by atoms with van der Waals surface area (Å²) in [7, 11) is 0. The Kier molecular flexibility index (Phi) is 3.83. The molecule has 92 valence electrons. The Balaban J connectivity index is 2.51. The van der Waals surface area contributed by atoms with Crippen LogP contribution in [-0.4, -0.2) is 5.24 Å². The van der Waals surface area contributed by atoms with Crippen LogP contribution in [0.5, 0.6) is 0 Å². The Morgan fingerprint density at radius 2 is 1.33 bits per heavy atom. The third kappa shape index (κ3) is 2.62. The maximum atomic E-state index is 11.4. The predicted octanol–water partition coefficient (Wildman–Crippen LogP) is 4.15. The molecule has 0 aliphatic carbocycles. The molecule has 1 nitrogen and oxygen atoms in total. The maximum absolute atomic E-state index is 11.4. The number of hydrogen-bond donors (Lipinski definition) is 0. The minimum absolute atomic E-state index is 0.294. The molecule has 2 rings (SSSR count). The molecule has 0 unspecified atom stereocenters. The first kappa shape index (κ1) is 12.8. The molecule has 0 aliphatic heterocycles. The molecule has 0 N–H and O–H groups in total. The lowest BCUT2D eigenvalue weighted by molar-refractivity contribution is -0.112. The zero-order valence-electron chi connectivity index (χ0n) is 10.3. The van der Waals surface area contributed by atoms with Crippen LogP contribution in [0.1, 0.15) is 24.5 Å². The molecular formula is C16H15ClO. The molecule has 0 bridgehead atoms. The average molecular weight is 259 g/mol. The van der Waals surface area contributed by atoms with Crippen molar-refractivity contribution in [2.24, 2.45) is 0 Å². The molecule has 0 fully saturated rings. The second kappa shape index (κ2) is 5.36. The standard InChI is InChI=1S/C16H15ClO/c1-16(12-15(17)18,13-8-4-2-5-9-13)14-10-6-3-7-11-14/h2-11H,12H2,1H3. The van der Waals surface area contributed by atoms with Crippen molar-refractivity contribution in [1.82, 2.24) is 0 Å². The van der Waals surface area contributed by atoms with Crippen LogP contribution in [0.25, 0.3) is 0 Å². The van der Waals surface area contributed by atoms with E-state index in [9.17, 15) is 4.79 Å². The smallest absolute Gasteiger partial charge is 0.222 e. The van der Waals surface area contributed by atoms with Gasteiger partial charge in [0, 0.05) is 11.8 Å². The second-order valence-electron chi connectivity index (χ2n) is 4.60. The highest BCUT2D eigenvalue weighted by Gasteiger charge is 2.30. The molecule has 0 saturated carbocycles. The van der Waals surface area contributed by atoms with E-state index in [0.29, 0.717) is 6.42 Å². The highest BCUT2D eigenvalue weighted by molar-refractivity contribution is 6.63. The molecule has 0 aliphatic rings. The number of carbonyl (C=O) groups excluding carboxylic acids is 1. The van der Waals surface area contributed by atoms with E-state index >= 15 is 0 Å².